The molecule has 0 aliphatic carbocycles. The lowest BCUT2D eigenvalue weighted by Crippen LogP contribution is -2.19. The first-order valence-corrected chi connectivity index (χ1v) is 8.15. The number of thioether (sulfide) groups is 1. The number of hydrogen-bond donors (Lipinski definition) is 1. The highest BCUT2D eigenvalue weighted by Crippen LogP contribution is 2.32. The third kappa shape index (κ3) is 3.74. The average Bonchev–Trinajstić information content (AvgIpc) is 2.52. The molecule has 5 nitrogen and oxygen atoms in total. The van der Waals surface area contributed by atoms with Gasteiger partial charge in [-0.05, 0) is 13.0 Å². The first-order chi connectivity index (χ1) is 11.0. The van der Waals surface area contributed by atoms with Gasteiger partial charge in [0, 0.05) is 16.4 Å². The van der Waals surface area contributed by atoms with E-state index in [1.54, 1.807) is 20.1 Å². The molecule has 0 bridgehead atoms. The monoisotopic (exact) mass is 329 g/mol. The van der Waals surface area contributed by atoms with Gasteiger partial charge in [-0.15, -0.1) is 0 Å². The molecule has 2 aromatic rings. The molecule has 1 atom stereocenters. The smallest absolute Gasteiger partial charge is 0.254 e. The normalized spacial score (nSPS) is 12.0. The Balaban J connectivity index is 2.60. The molecular weight excluding hydrogens is 310 g/mol. The van der Waals surface area contributed by atoms with Crippen LogP contribution in [0, 0.1) is 18.3 Å². The fourth-order valence-electron chi connectivity index (χ4n) is 2.27. The second-order valence-electron chi connectivity index (χ2n) is 5.35. The van der Waals surface area contributed by atoms with E-state index in [9.17, 15) is 10.1 Å². The largest absolute Gasteiger partial charge is 0.496 e. The van der Waals surface area contributed by atoms with E-state index < -0.39 is 5.92 Å². The van der Waals surface area contributed by atoms with Crippen LogP contribution in [0.2, 0.25) is 0 Å². The number of hydrogen-bond acceptors (Lipinski definition) is 5. The van der Waals surface area contributed by atoms with Crippen molar-refractivity contribution in [3.63, 3.8) is 0 Å². The lowest BCUT2D eigenvalue weighted by atomic mass is 9.93. The molecule has 1 heterocycles. The molecule has 1 unspecified atom stereocenters. The number of H-pyrrole nitrogens is 1. The lowest BCUT2D eigenvalue weighted by Gasteiger charge is -2.16. The summed E-state index contributed by atoms with van der Waals surface area (Å²) < 4.78 is 5.34. The summed E-state index contributed by atoms with van der Waals surface area (Å²) in [7, 11) is 1.56. The highest BCUT2D eigenvalue weighted by Gasteiger charge is 2.23. The highest BCUT2D eigenvalue weighted by molar-refractivity contribution is 7.99. The molecule has 2 rings (SSSR count). The number of benzene rings is 1. The average molecular weight is 329 g/mol. The zero-order valence-corrected chi connectivity index (χ0v) is 14.4. The van der Waals surface area contributed by atoms with Gasteiger partial charge >= 0.3 is 0 Å². The summed E-state index contributed by atoms with van der Waals surface area (Å²) in [5.74, 6) is -0.0430. The second-order valence-corrected chi connectivity index (χ2v) is 6.92. The number of aromatic amines is 1. The van der Waals surface area contributed by atoms with Crippen molar-refractivity contribution >= 4 is 11.8 Å². The van der Waals surface area contributed by atoms with Crippen molar-refractivity contribution in [2.24, 2.45) is 0 Å². The van der Waals surface area contributed by atoms with E-state index in [2.05, 4.69) is 16.0 Å². The van der Waals surface area contributed by atoms with E-state index >= 15 is 0 Å². The number of ether oxygens (including phenoxy) is 1. The zero-order valence-electron chi connectivity index (χ0n) is 13.6. The second kappa shape index (κ2) is 7.34. The van der Waals surface area contributed by atoms with Gasteiger partial charge in [-0.1, -0.05) is 43.8 Å². The Morgan fingerprint density at radius 2 is 2.04 bits per heavy atom. The Kier molecular flexibility index (Phi) is 5.45. The topological polar surface area (TPSA) is 78.8 Å². The standard InChI is InChI=1S/C17H19N3O2S/c1-10(2)23-17-19-15(11(3)16(21)20-17)13(9-18)12-7-5-6-8-14(12)22-4/h5-8,10,13H,1-4H3,(H,19,20,21). The van der Waals surface area contributed by atoms with E-state index in [4.69, 9.17) is 4.74 Å². The quantitative estimate of drug-likeness (QED) is 0.673. The number of nitrogens with zero attached hydrogens (tertiary/aromatic N) is 2. The van der Waals surface area contributed by atoms with E-state index in [0.29, 0.717) is 27.7 Å². The Morgan fingerprint density at radius 1 is 1.35 bits per heavy atom. The molecule has 1 aromatic heterocycles. The third-order valence-electron chi connectivity index (χ3n) is 3.37. The maximum Gasteiger partial charge on any atom is 0.254 e. The van der Waals surface area contributed by atoms with Gasteiger partial charge in [-0.2, -0.15) is 5.26 Å². The van der Waals surface area contributed by atoms with Crippen molar-refractivity contribution in [3.8, 4) is 11.8 Å². The molecule has 0 aliphatic heterocycles. The summed E-state index contributed by atoms with van der Waals surface area (Å²) >= 11 is 1.46. The Hall–Kier alpha value is -2.26. The van der Waals surface area contributed by atoms with E-state index in [1.165, 1.54) is 11.8 Å². The van der Waals surface area contributed by atoms with Gasteiger partial charge in [0.25, 0.3) is 5.56 Å². The molecular formula is C17H19N3O2S. The maximum absolute atomic E-state index is 12.2. The fourth-order valence-corrected chi connectivity index (χ4v) is 3.02. The SMILES string of the molecule is COc1ccccc1C(C#N)c1nc(SC(C)C)[nH]c(=O)c1C. The van der Waals surface area contributed by atoms with Crippen molar-refractivity contribution in [2.75, 3.05) is 7.11 Å². The minimum atomic E-state index is -0.653. The van der Waals surface area contributed by atoms with Crippen LogP contribution in [0.25, 0.3) is 0 Å². The summed E-state index contributed by atoms with van der Waals surface area (Å²) in [6.45, 7) is 5.73. The molecule has 0 radical (unpaired) electrons. The van der Waals surface area contributed by atoms with Gasteiger partial charge in [0.15, 0.2) is 5.16 Å². The van der Waals surface area contributed by atoms with Crippen molar-refractivity contribution in [2.45, 2.75) is 37.1 Å². The highest BCUT2D eigenvalue weighted by atomic mass is 32.2. The van der Waals surface area contributed by atoms with Crippen LogP contribution in [0.5, 0.6) is 5.75 Å². The van der Waals surface area contributed by atoms with Crippen molar-refractivity contribution in [1.82, 2.24) is 9.97 Å². The zero-order chi connectivity index (χ0) is 17.0. The summed E-state index contributed by atoms with van der Waals surface area (Å²) in [6, 6.07) is 9.56. The summed E-state index contributed by atoms with van der Waals surface area (Å²) in [4.78, 5) is 19.5. The van der Waals surface area contributed by atoms with Gasteiger partial charge in [-0.25, -0.2) is 4.98 Å². The molecule has 0 saturated heterocycles. The van der Waals surface area contributed by atoms with Gasteiger partial charge in [0.05, 0.1) is 18.9 Å². The molecule has 1 N–H and O–H groups in total. The predicted octanol–water partition coefficient (Wildman–Crippen LogP) is 3.24. The molecule has 0 fully saturated rings. The summed E-state index contributed by atoms with van der Waals surface area (Å²) in [5.41, 5.74) is 1.42. The molecule has 1 aromatic carbocycles. The molecule has 120 valence electrons. The van der Waals surface area contributed by atoms with Crippen molar-refractivity contribution < 1.29 is 4.74 Å². The van der Waals surface area contributed by atoms with Crippen LogP contribution in [0.1, 0.15) is 36.6 Å². The van der Waals surface area contributed by atoms with Crippen LogP contribution in [0.4, 0.5) is 0 Å². The number of rotatable bonds is 5. The Labute approximate surface area is 139 Å². The number of nitriles is 1. The molecule has 0 amide bonds. The summed E-state index contributed by atoms with van der Waals surface area (Å²) in [6.07, 6.45) is 0. The first kappa shape index (κ1) is 17.1. The molecule has 0 saturated carbocycles. The predicted molar refractivity (Wildman–Crippen MR) is 91.0 cm³/mol. The van der Waals surface area contributed by atoms with Crippen LogP contribution in [-0.2, 0) is 0 Å². The first-order valence-electron chi connectivity index (χ1n) is 7.28. The van der Waals surface area contributed by atoms with E-state index in [0.717, 1.165) is 0 Å². The number of methoxy groups -OCH3 is 1. The molecule has 0 aliphatic rings. The Morgan fingerprint density at radius 3 is 2.65 bits per heavy atom. The van der Waals surface area contributed by atoms with Crippen molar-refractivity contribution in [1.29, 1.82) is 5.26 Å². The lowest BCUT2D eigenvalue weighted by molar-refractivity contribution is 0.409. The van der Waals surface area contributed by atoms with Gasteiger partial charge in [0.2, 0.25) is 0 Å². The summed E-state index contributed by atoms with van der Waals surface area (Å²) in [5, 5.41) is 10.5. The van der Waals surface area contributed by atoms with Crippen LogP contribution in [0.15, 0.2) is 34.2 Å². The van der Waals surface area contributed by atoms with Crippen LogP contribution in [0.3, 0.4) is 0 Å². The molecule has 6 heteroatoms. The minimum absolute atomic E-state index is 0.215. The van der Waals surface area contributed by atoms with Crippen LogP contribution >= 0.6 is 11.8 Å². The van der Waals surface area contributed by atoms with Gasteiger partial charge in [-0.3, -0.25) is 4.79 Å². The minimum Gasteiger partial charge on any atom is -0.496 e. The van der Waals surface area contributed by atoms with Crippen LogP contribution in [-0.4, -0.2) is 22.3 Å². The number of nitrogens with one attached hydrogen (secondary N) is 1. The Bertz CT molecular complexity index is 793. The third-order valence-corrected chi connectivity index (χ3v) is 4.26. The van der Waals surface area contributed by atoms with Crippen molar-refractivity contribution in [3.05, 3.63) is 51.4 Å². The molecule has 0 spiro atoms. The maximum atomic E-state index is 12.2. The van der Waals surface area contributed by atoms with E-state index in [1.807, 2.05) is 32.0 Å². The number of aromatic nitrogens is 2. The van der Waals surface area contributed by atoms with E-state index in [-0.39, 0.29) is 10.8 Å². The number of para-hydroxylation sites is 1. The van der Waals surface area contributed by atoms with Gasteiger partial charge < -0.3 is 9.72 Å². The van der Waals surface area contributed by atoms with Crippen LogP contribution < -0.4 is 10.3 Å². The van der Waals surface area contributed by atoms with Gasteiger partial charge in [0.1, 0.15) is 11.7 Å². The molecule has 23 heavy (non-hydrogen) atoms. The fraction of sp³-hybridized carbons (Fsp3) is 0.353.